The highest BCUT2D eigenvalue weighted by atomic mass is 16.5. The molecule has 1 unspecified atom stereocenters. The first-order chi connectivity index (χ1) is 7.55. The minimum Gasteiger partial charge on any atom is -0.467 e. The van der Waals surface area contributed by atoms with Crippen molar-refractivity contribution in [2.45, 2.75) is 44.7 Å². The van der Waals surface area contributed by atoms with Crippen LogP contribution >= 0.6 is 0 Å². The summed E-state index contributed by atoms with van der Waals surface area (Å²) < 4.78 is 4.57. The normalized spacial score (nSPS) is 26.2. The molecule has 1 aliphatic heterocycles. The molecule has 0 bridgehead atoms. The minimum atomic E-state index is -0.594. The second-order valence-corrected chi connectivity index (χ2v) is 4.18. The highest BCUT2D eigenvalue weighted by molar-refractivity contribution is 5.90. The summed E-state index contributed by atoms with van der Waals surface area (Å²) in [4.78, 5) is 23.2. The van der Waals surface area contributed by atoms with Crippen molar-refractivity contribution in [1.29, 1.82) is 0 Å². The topological polar surface area (TPSA) is 67.4 Å². The monoisotopic (exact) mass is 228 g/mol. The van der Waals surface area contributed by atoms with Gasteiger partial charge in [-0.2, -0.15) is 0 Å². The highest BCUT2D eigenvalue weighted by Gasteiger charge is 2.40. The van der Waals surface area contributed by atoms with Gasteiger partial charge in [-0.3, -0.25) is 4.79 Å². The average molecular weight is 228 g/mol. The number of nitrogens with one attached hydrogen (secondary N) is 2. The molecule has 0 aromatic heterocycles. The number of amides is 1. The van der Waals surface area contributed by atoms with E-state index in [1.807, 2.05) is 6.92 Å². The first-order valence-corrected chi connectivity index (χ1v) is 5.69. The van der Waals surface area contributed by atoms with Crippen molar-refractivity contribution in [3.8, 4) is 0 Å². The van der Waals surface area contributed by atoms with Gasteiger partial charge in [-0.05, 0) is 32.7 Å². The predicted molar refractivity (Wildman–Crippen MR) is 59.9 cm³/mol. The summed E-state index contributed by atoms with van der Waals surface area (Å²) in [6, 6.07) is -0.594. The van der Waals surface area contributed by atoms with Crippen molar-refractivity contribution >= 4 is 11.9 Å². The molecule has 0 aromatic rings. The third-order valence-corrected chi connectivity index (χ3v) is 3.18. The van der Waals surface area contributed by atoms with E-state index in [-0.39, 0.29) is 5.91 Å². The molecule has 1 rings (SSSR count). The second-order valence-electron chi connectivity index (χ2n) is 4.18. The van der Waals surface area contributed by atoms with Crippen LogP contribution in [0.3, 0.4) is 0 Å². The average Bonchev–Trinajstić information content (AvgIpc) is 2.77. The Hall–Kier alpha value is -1.10. The van der Waals surface area contributed by atoms with E-state index < -0.39 is 17.6 Å². The van der Waals surface area contributed by atoms with Crippen LogP contribution < -0.4 is 10.6 Å². The quantitative estimate of drug-likeness (QED) is 0.674. The SMILES string of the molecule is CCC1(C(=O)N[C@@H](C)C(=O)OC)CCCN1. The minimum absolute atomic E-state index is 0.106. The molecule has 2 atom stereocenters. The van der Waals surface area contributed by atoms with E-state index in [1.54, 1.807) is 6.92 Å². The van der Waals surface area contributed by atoms with Crippen LogP contribution in [-0.4, -0.2) is 37.1 Å². The van der Waals surface area contributed by atoms with Gasteiger partial charge in [0, 0.05) is 0 Å². The number of esters is 1. The number of methoxy groups -OCH3 is 1. The van der Waals surface area contributed by atoms with Crippen molar-refractivity contribution in [2.24, 2.45) is 0 Å². The van der Waals surface area contributed by atoms with Gasteiger partial charge in [-0.15, -0.1) is 0 Å². The lowest BCUT2D eigenvalue weighted by Gasteiger charge is -2.28. The highest BCUT2D eigenvalue weighted by Crippen LogP contribution is 2.23. The zero-order chi connectivity index (χ0) is 12.2. The standard InChI is InChI=1S/C11H20N2O3/c1-4-11(6-5-7-12-11)10(15)13-8(2)9(14)16-3/h8,12H,4-7H2,1-3H3,(H,13,15)/t8-,11?/m0/s1. The molecule has 0 aliphatic carbocycles. The Morgan fingerprint density at radius 2 is 2.25 bits per heavy atom. The number of hydrogen-bond donors (Lipinski definition) is 2. The molecule has 16 heavy (non-hydrogen) atoms. The fraction of sp³-hybridized carbons (Fsp3) is 0.818. The first-order valence-electron chi connectivity index (χ1n) is 5.69. The van der Waals surface area contributed by atoms with Crippen LogP contribution in [0.5, 0.6) is 0 Å². The van der Waals surface area contributed by atoms with Gasteiger partial charge in [-0.1, -0.05) is 6.92 Å². The smallest absolute Gasteiger partial charge is 0.328 e. The van der Waals surface area contributed by atoms with Gasteiger partial charge in [-0.25, -0.2) is 4.79 Å². The van der Waals surface area contributed by atoms with Crippen molar-refractivity contribution in [3.05, 3.63) is 0 Å². The summed E-state index contributed by atoms with van der Waals surface area (Å²) in [5.41, 5.74) is -0.498. The largest absolute Gasteiger partial charge is 0.467 e. The second kappa shape index (κ2) is 5.30. The van der Waals surface area contributed by atoms with Gasteiger partial charge in [0.05, 0.1) is 12.6 Å². The van der Waals surface area contributed by atoms with Gasteiger partial charge in [0.1, 0.15) is 6.04 Å². The zero-order valence-corrected chi connectivity index (χ0v) is 10.1. The molecule has 1 saturated heterocycles. The van der Waals surface area contributed by atoms with Gasteiger partial charge >= 0.3 is 5.97 Å². The summed E-state index contributed by atoms with van der Waals surface area (Å²) in [5, 5.41) is 5.91. The number of ether oxygens (including phenoxy) is 1. The van der Waals surface area contributed by atoms with Crippen LogP contribution in [0.4, 0.5) is 0 Å². The molecule has 0 spiro atoms. The fourth-order valence-corrected chi connectivity index (χ4v) is 2.03. The molecule has 1 amide bonds. The molecule has 5 nitrogen and oxygen atoms in total. The predicted octanol–water partition coefficient (Wildman–Crippen LogP) is 0.196. The number of carbonyl (C=O) groups is 2. The Morgan fingerprint density at radius 3 is 2.69 bits per heavy atom. The van der Waals surface area contributed by atoms with Gasteiger partial charge in [0.2, 0.25) is 5.91 Å². The van der Waals surface area contributed by atoms with Crippen LogP contribution in [0.2, 0.25) is 0 Å². The molecule has 1 aliphatic rings. The molecule has 5 heteroatoms. The van der Waals surface area contributed by atoms with Gasteiger partial charge < -0.3 is 15.4 Å². The van der Waals surface area contributed by atoms with Gasteiger partial charge in [0.25, 0.3) is 0 Å². The maximum atomic E-state index is 12.0. The first kappa shape index (κ1) is 13.0. The molecule has 1 heterocycles. The van der Waals surface area contributed by atoms with Crippen LogP contribution in [0.15, 0.2) is 0 Å². The molecule has 2 N–H and O–H groups in total. The van der Waals surface area contributed by atoms with E-state index in [0.717, 1.165) is 25.8 Å². The zero-order valence-electron chi connectivity index (χ0n) is 10.1. The number of carbonyl (C=O) groups excluding carboxylic acids is 2. The van der Waals surface area contributed by atoms with Crippen LogP contribution in [-0.2, 0) is 14.3 Å². The summed E-state index contributed by atoms with van der Waals surface area (Å²) in [5.74, 6) is -0.525. The molecule has 1 fully saturated rings. The Labute approximate surface area is 95.9 Å². The number of rotatable bonds is 4. The Balaban J connectivity index is 2.60. The Morgan fingerprint density at radius 1 is 1.56 bits per heavy atom. The fourth-order valence-electron chi connectivity index (χ4n) is 2.03. The van der Waals surface area contributed by atoms with E-state index in [1.165, 1.54) is 7.11 Å². The summed E-state index contributed by atoms with van der Waals surface area (Å²) in [6.45, 7) is 4.45. The van der Waals surface area contributed by atoms with E-state index >= 15 is 0 Å². The third kappa shape index (κ3) is 2.52. The Bertz CT molecular complexity index is 272. The van der Waals surface area contributed by atoms with E-state index in [2.05, 4.69) is 15.4 Å². The lowest BCUT2D eigenvalue weighted by Crippen LogP contribution is -2.56. The lowest BCUT2D eigenvalue weighted by atomic mass is 9.93. The van der Waals surface area contributed by atoms with E-state index in [0.29, 0.717) is 0 Å². The van der Waals surface area contributed by atoms with E-state index in [9.17, 15) is 9.59 Å². The maximum absolute atomic E-state index is 12.0. The summed E-state index contributed by atoms with van der Waals surface area (Å²) in [7, 11) is 1.31. The third-order valence-electron chi connectivity index (χ3n) is 3.18. The molecule has 92 valence electrons. The lowest BCUT2D eigenvalue weighted by molar-refractivity contribution is -0.145. The van der Waals surface area contributed by atoms with Crippen molar-refractivity contribution in [3.63, 3.8) is 0 Å². The Kier molecular flexibility index (Phi) is 4.29. The molecule has 0 saturated carbocycles. The van der Waals surface area contributed by atoms with Crippen molar-refractivity contribution < 1.29 is 14.3 Å². The van der Waals surface area contributed by atoms with Crippen LogP contribution in [0, 0.1) is 0 Å². The molecule has 0 radical (unpaired) electrons. The molecule has 0 aromatic carbocycles. The van der Waals surface area contributed by atoms with Crippen LogP contribution in [0.1, 0.15) is 33.1 Å². The van der Waals surface area contributed by atoms with Gasteiger partial charge in [0.15, 0.2) is 0 Å². The van der Waals surface area contributed by atoms with Crippen molar-refractivity contribution in [2.75, 3.05) is 13.7 Å². The summed E-state index contributed by atoms with van der Waals surface area (Å²) >= 11 is 0. The molecular formula is C11H20N2O3. The molecular weight excluding hydrogens is 208 g/mol. The van der Waals surface area contributed by atoms with E-state index in [4.69, 9.17) is 0 Å². The maximum Gasteiger partial charge on any atom is 0.328 e. The van der Waals surface area contributed by atoms with Crippen molar-refractivity contribution in [1.82, 2.24) is 10.6 Å². The van der Waals surface area contributed by atoms with Crippen LogP contribution in [0.25, 0.3) is 0 Å². The summed E-state index contributed by atoms with van der Waals surface area (Å²) in [6.07, 6.45) is 2.55. The number of hydrogen-bond acceptors (Lipinski definition) is 4.